The molecule has 0 saturated carbocycles. The smallest absolute Gasteiger partial charge is 0.0648 e. The highest BCUT2D eigenvalue weighted by Gasteiger charge is 2.19. The number of benzene rings is 2. The van der Waals surface area contributed by atoms with Gasteiger partial charge in [0.1, 0.15) is 0 Å². The van der Waals surface area contributed by atoms with Crippen molar-refractivity contribution in [3.8, 4) is 0 Å². The maximum Gasteiger partial charge on any atom is 0.0648 e. The fraction of sp³-hybridized carbons (Fsp3) is 0.400. The summed E-state index contributed by atoms with van der Waals surface area (Å²) < 4.78 is 0. The SMILES string of the molecule is CCC(c1ccccc1)C(O)Cc1ccc(C(C)C)cc1. The highest BCUT2D eigenvalue weighted by Crippen LogP contribution is 2.26. The molecule has 2 rings (SSSR count). The van der Waals surface area contributed by atoms with Gasteiger partial charge in [0.05, 0.1) is 6.10 Å². The van der Waals surface area contributed by atoms with Crippen LogP contribution in [0.4, 0.5) is 0 Å². The molecule has 112 valence electrons. The summed E-state index contributed by atoms with van der Waals surface area (Å²) in [5.41, 5.74) is 3.79. The Balaban J connectivity index is 2.07. The third kappa shape index (κ3) is 4.18. The van der Waals surface area contributed by atoms with Crippen LogP contribution >= 0.6 is 0 Å². The summed E-state index contributed by atoms with van der Waals surface area (Å²) in [4.78, 5) is 0. The molecule has 2 aromatic carbocycles. The molecule has 21 heavy (non-hydrogen) atoms. The van der Waals surface area contributed by atoms with Crippen molar-refractivity contribution in [3.05, 3.63) is 71.3 Å². The van der Waals surface area contributed by atoms with Gasteiger partial charge in [0.15, 0.2) is 0 Å². The number of rotatable bonds is 6. The lowest BCUT2D eigenvalue weighted by Crippen LogP contribution is -2.20. The molecule has 2 aromatic rings. The normalized spacial score (nSPS) is 14.1. The van der Waals surface area contributed by atoms with E-state index in [2.05, 4.69) is 57.2 Å². The van der Waals surface area contributed by atoms with E-state index in [-0.39, 0.29) is 12.0 Å². The topological polar surface area (TPSA) is 20.2 Å². The van der Waals surface area contributed by atoms with Crippen LogP contribution in [0.3, 0.4) is 0 Å². The third-order valence-corrected chi connectivity index (χ3v) is 4.22. The van der Waals surface area contributed by atoms with Crippen molar-refractivity contribution in [1.82, 2.24) is 0 Å². The first-order valence-corrected chi connectivity index (χ1v) is 7.93. The number of aliphatic hydroxyl groups is 1. The maximum atomic E-state index is 10.6. The van der Waals surface area contributed by atoms with E-state index >= 15 is 0 Å². The molecule has 0 radical (unpaired) electrons. The zero-order chi connectivity index (χ0) is 15.2. The van der Waals surface area contributed by atoms with E-state index in [0.717, 1.165) is 6.42 Å². The first-order valence-electron chi connectivity index (χ1n) is 7.93. The summed E-state index contributed by atoms with van der Waals surface area (Å²) in [6.07, 6.45) is 1.34. The average molecular weight is 282 g/mol. The van der Waals surface area contributed by atoms with Crippen molar-refractivity contribution in [2.24, 2.45) is 0 Å². The molecule has 0 aromatic heterocycles. The first kappa shape index (κ1) is 15.8. The van der Waals surface area contributed by atoms with Gasteiger partial charge >= 0.3 is 0 Å². The van der Waals surface area contributed by atoms with Gasteiger partial charge in [-0.1, -0.05) is 75.4 Å². The second kappa shape index (κ2) is 7.42. The maximum absolute atomic E-state index is 10.6. The second-order valence-corrected chi connectivity index (χ2v) is 6.09. The van der Waals surface area contributed by atoms with E-state index in [0.29, 0.717) is 12.3 Å². The van der Waals surface area contributed by atoms with Crippen molar-refractivity contribution in [1.29, 1.82) is 0 Å². The van der Waals surface area contributed by atoms with Crippen LogP contribution in [0, 0.1) is 0 Å². The van der Waals surface area contributed by atoms with Gasteiger partial charge in [-0.25, -0.2) is 0 Å². The van der Waals surface area contributed by atoms with Crippen molar-refractivity contribution in [2.75, 3.05) is 0 Å². The molecule has 0 aliphatic rings. The summed E-state index contributed by atoms with van der Waals surface area (Å²) in [6.45, 7) is 6.54. The van der Waals surface area contributed by atoms with Crippen LogP contribution < -0.4 is 0 Å². The Labute approximate surface area is 128 Å². The Morgan fingerprint density at radius 3 is 2.00 bits per heavy atom. The largest absolute Gasteiger partial charge is 0.392 e. The fourth-order valence-electron chi connectivity index (χ4n) is 2.85. The number of hydrogen-bond donors (Lipinski definition) is 1. The Morgan fingerprint density at radius 2 is 1.48 bits per heavy atom. The highest BCUT2D eigenvalue weighted by molar-refractivity contribution is 5.26. The minimum atomic E-state index is -0.331. The van der Waals surface area contributed by atoms with Gasteiger partial charge in [-0.3, -0.25) is 0 Å². The van der Waals surface area contributed by atoms with Crippen LogP contribution in [0.5, 0.6) is 0 Å². The highest BCUT2D eigenvalue weighted by atomic mass is 16.3. The summed E-state index contributed by atoms with van der Waals surface area (Å²) in [6, 6.07) is 19.0. The van der Waals surface area contributed by atoms with Crippen molar-refractivity contribution >= 4 is 0 Å². The summed E-state index contributed by atoms with van der Waals surface area (Å²) in [5, 5.41) is 10.6. The molecule has 0 heterocycles. The van der Waals surface area contributed by atoms with Gasteiger partial charge in [-0.15, -0.1) is 0 Å². The van der Waals surface area contributed by atoms with Crippen molar-refractivity contribution < 1.29 is 5.11 Å². The molecule has 0 spiro atoms. The molecule has 0 fully saturated rings. The van der Waals surface area contributed by atoms with Crippen LogP contribution in [0.1, 0.15) is 55.7 Å². The van der Waals surface area contributed by atoms with Crippen LogP contribution in [-0.2, 0) is 6.42 Å². The van der Waals surface area contributed by atoms with Crippen LogP contribution in [0.25, 0.3) is 0 Å². The van der Waals surface area contributed by atoms with E-state index < -0.39 is 0 Å². The molecule has 1 nitrogen and oxygen atoms in total. The minimum Gasteiger partial charge on any atom is -0.392 e. The van der Waals surface area contributed by atoms with Gasteiger partial charge in [-0.2, -0.15) is 0 Å². The van der Waals surface area contributed by atoms with Crippen LogP contribution in [0.15, 0.2) is 54.6 Å². The quantitative estimate of drug-likeness (QED) is 0.798. The predicted molar refractivity (Wildman–Crippen MR) is 89.7 cm³/mol. The fourth-order valence-corrected chi connectivity index (χ4v) is 2.85. The first-order chi connectivity index (χ1) is 10.1. The molecule has 1 N–H and O–H groups in total. The van der Waals surface area contributed by atoms with Crippen molar-refractivity contribution in [2.45, 2.75) is 51.6 Å². The molecule has 0 amide bonds. The number of aliphatic hydroxyl groups excluding tert-OH is 1. The summed E-state index contributed by atoms with van der Waals surface area (Å²) >= 11 is 0. The van der Waals surface area contributed by atoms with Gasteiger partial charge in [-0.05, 0) is 35.4 Å². The second-order valence-electron chi connectivity index (χ2n) is 6.09. The summed E-state index contributed by atoms with van der Waals surface area (Å²) in [5.74, 6) is 0.757. The number of hydrogen-bond acceptors (Lipinski definition) is 1. The zero-order valence-corrected chi connectivity index (χ0v) is 13.3. The lowest BCUT2D eigenvalue weighted by molar-refractivity contribution is 0.141. The minimum absolute atomic E-state index is 0.205. The average Bonchev–Trinajstić information content (AvgIpc) is 2.49. The Kier molecular flexibility index (Phi) is 5.58. The third-order valence-electron chi connectivity index (χ3n) is 4.22. The molecule has 2 atom stereocenters. The molecular weight excluding hydrogens is 256 g/mol. The molecule has 0 saturated heterocycles. The predicted octanol–water partition coefficient (Wildman–Crippen LogP) is 4.91. The van der Waals surface area contributed by atoms with Gasteiger partial charge in [0.25, 0.3) is 0 Å². The Morgan fingerprint density at radius 1 is 0.857 bits per heavy atom. The molecule has 2 unspecified atom stereocenters. The standard InChI is InChI=1S/C20H26O/c1-4-19(18-8-6-5-7-9-18)20(21)14-16-10-12-17(13-11-16)15(2)3/h5-13,15,19-21H,4,14H2,1-3H3. The lowest BCUT2D eigenvalue weighted by Gasteiger charge is -2.22. The lowest BCUT2D eigenvalue weighted by atomic mass is 9.87. The van der Waals surface area contributed by atoms with E-state index in [4.69, 9.17) is 0 Å². The zero-order valence-electron chi connectivity index (χ0n) is 13.3. The van der Waals surface area contributed by atoms with Gasteiger partial charge < -0.3 is 5.11 Å². The Bertz CT molecular complexity index is 528. The monoisotopic (exact) mass is 282 g/mol. The van der Waals surface area contributed by atoms with Crippen molar-refractivity contribution in [3.63, 3.8) is 0 Å². The molecule has 1 heteroatoms. The van der Waals surface area contributed by atoms with E-state index in [1.54, 1.807) is 0 Å². The van der Waals surface area contributed by atoms with Gasteiger partial charge in [0.2, 0.25) is 0 Å². The summed E-state index contributed by atoms with van der Waals surface area (Å²) in [7, 11) is 0. The van der Waals surface area contributed by atoms with Crippen LogP contribution in [-0.4, -0.2) is 11.2 Å². The van der Waals surface area contributed by atoms with E-state index in [1.807, 2.05) is 18.2 Å². The van der Waals surface area contributed by atoms with E-state index in [1.165, 1.54) is 16.7 Å². The van der Waals surface area contributed by atoms with Crippen LogP contribution in [0.2, 0.25) is 0 Å². The molecule has 0 aliphatic carbocycles. The Hall–Kier alpha value is -1.60. The molecule has 0 aliphatic heterocycles. The van der Waals surface area contributed by atoms with Gasteiger partial charge in [0, 0.05) is 5.92 Å². The molecular formula is C20H26O. The molecule has 0 bridgehead atoms. The van der Waals surface area contributed by atoms with E-state index in [9.17, 15) is 5.11 Å².